The zero-order valence-corrected chi connectivity index (χ0v) is 14.0. The summed E-state index contributed by atoms with van der Waals surface area (Å²) < 4.78 is 0. The van der Waals surface area contributed by atoms with Crippen molar-refractivity contribution in [3.05, 3.63) is 35.9 Å². The minimum absolute atomic E-state index is 0.512. The molecule has 118 valence electrons. The van der Waals surface area contributed by atoms with E-state index in [9.17, 15) is 0 Å². The van der Waals surface area contributed by atoms with Gasteiger partial charge >= 0.3 is 0 Å². The van der Waals surface area contributed by atoms with E-state index in [0.29, 0.717) is 6.04 Å². The summed E-state index contributed by atoms with van der Waals surface area (Å²) in [5.74, 6) is 1.65. The average Bonchev–Trinajstić information content (AvgIpc) is 2.49. The first kappa shape index (κ1) is 16.5. The molecule has 1 atom stereocenters. The molecule has 2 nitrogen and oxygen atoms in total. The van der Waals surface area contributed by atoms with Crippen LogP contribution in [-0.2, 0) is 0 Å². The third kappa shape index (κ3) is 5.80. The molecule has 1 unspecified atom stereocenters. The van der Waals surface area contributed by atoms with Gasteiger partial charge in [-0.2, -0.15) is 0 Å². The number of hydrogen-bond acceptors (Lipinski definition) is 2. The molecule has 0 aliphatic carbocycles. The molecule has 1 fully saturated rings. The van der Waals surface area contributed by atoms with E-state index in [0.717, 1.165) is 18.4 Å². The first-order valence-electron chi connectivity index (χ1n) is 8.62. The maximum atomic E-state index is 3.81. The molecule has 1 aromatic rings. The van der Waals surface area contributed by atoms with Crippen molar-refractivity contribution in [2.45, 2.75) is 45.6 Å². The second-order valence-corrected chi connectivity index (χ2v) is 7.08. The zero-order chi connectivity index (χ0) is 15.1. The Labute approximate surface area is 130 Å². The van der Waals surface area contributed by atoms with Crippen LogP contribution in [0.2, 0.25) is 0 Å². The highest BCUT2D eigenvalue weighted by atomic mass is 15.1. The Morgan fingerprint density at radius 1 is 1.14 bits per heavy atom. The van der Waals surface area contributed by atoms with Gasteiger partial charge in [0.15, 0.2) is 0 Å². The van der Waals surface area contributed by atoms with Crippen molar-refractivity contribution < 1.29 is 0 Å². The molecule has 0 saturated carbocycles. The number of piperidine rings is 1. The van der Waals surface area contributed by atoms with Gasteiger partial charge in [0.25, 0.3) is 0 Å². The summed E-state index contributed by atoms with van der Waals surface area (Å²) in [7, 11) is 2.24. The number of hydrogen-bond donors (Lipinski definition) is 1. The van der Waals surface area contributed by atoms with Gasteiger partial charge in [-0.25, -0.2) is 0 Å². The lowest BCUT2D eigenvalue weighted by molar-refractivity contribution is 0.210. The summed E-state index contributed by atoms with van der Waals surface area (Å²) in [5, 5.41) is 3.81. The number of nitrogens with zero attached hydrogens (tertiary/aromatic N) is 1. The quantitative estimate of drug-likeness (QED) is 0.813. The van der Waals surface area contributed by atoms with Gasteiger partial charge in [-0.05, 0) is 69.8 Å². The topological polar surface area (TPSA) is 15.3 Å². The molecular weight excluding hydrogens is 256 g/mol. The van der Waals surface area contributed by atoms with Crippen LogP contribution < -0.4 is 5.32 Å². The second kappa shape index (κ2) is 8.55. The molecule has 1 saturated heterocycles. The summed E-state index contributed by atoms with van der Waals surface area (Å²) in [6.45, 7) is 8.33. The van der Waals surface area contributed by atoms with Crippen molar-refractivity contribution >= 4 is 0 Å². The van der Waals surface area contributed by atoms with Crippen LogP contribution in [0.15, 0.2) is 30.3 Å². The lowest BCUT2D eigenvalue weighted by Gasteiger charge is -2.29. The molecule has 21 heavy (non-hydrogen) atoms. The molecule has 2 heteroatoms. The Kier molecular flexibility index (Phi) is 6.72. The van der Waals surface area contributed by atoms with Gasteiger partial charge in [-0.15, -0.1) is 0 Å². The molecule has 0 amide bonds. The van der Waals surface area contributed by atoms with Crippen LogP contribution in [0.25, 0.3) is 0 Å². The molecule has 2 rings (SSSR count). The molecule has 1 aliphatic rings. The largest absolute Gasteiger partial charge is 0.310 e. The van der Waals surface area contributed by atoms with Gasteiger partial charge < -0.3 is 10.2 Å². The Balaban J connectivity index is 1.79. The van der Waals surface area contributed by atoms with Crippen LogP contribution in [0.1, 0.15) is 51.1 Å². The van der Waals surface area contributed by atoms with Crippen LogP contribution in [0.5, 0.6) is 0 Å². The van der Waals surface area contributed by atoms with Crippen LogP contribution in [0, 0.1) is 11.8 Å². The summed E-state index contributed by atoms with van der Waals surface area (Å²) in [6, 6.07) is 11.4. The van der Waals surface area contributed by atoms with Crippen molar-refractivity contribution in [2.24, 2.45) is 11.8 Å². The summed E-state index contributed by atoms with van der Waals surface area (Å²) in [6.07, 6.45) is 5.30. The summed E-state index contributed by atoms with van der Waals surface area (Å²) >= 11 is 0. The van der Waals surface area contributed by atoms with Crippen molar-refractivity contribution in [1.82, 2.24) is 10.2 Å². The first-order valence-corrected chi connectivity index (χ1v) is 8.62. The minimum Gasteiger partial charge on any atom is -0.310 e. The second-order valence-electron chi connectivity index (χ2n) is 7.08. The highest BCUT2D eigenvalue weighted by Gasteiger charge is 2.17. The third-order valence-electron chi connectivity index (χ3n) is 4.69. The predicted molar refractivity (Wildman–Crippen MR) is 91.5 cm³/mol. The molecule has 0 radical (unpaired) electrons. The molecule has 0 bridgehead atoms. The van der Waals surface area contributed by atoms with Crippen LogP contribution >= 0.6 is 0 Å². The standard InChI is InChI=1S/C19H32N2/c1-16(2)15-19(18-7-5-4-6-8-18)20-12-9-17-10-13-21(3)14-11-17/h4-8,16-17,19-20H,9-15H2,1-3H3. The Hall–Kier alpha value is -0.860. The smallest absolute Gasteiger partial charge is 0.0322 e. The van der Waals surface area contributed by atoms with Crippen molar-refractivity contribution in [3.8, 4) is 0 Å². The first-order chi connectivity index (χ1) is 10.1. The van der Waals surface area contributed by atoms with E-state index in [1.807, 2.05) is 0 Å². The molecular formula is C19H32N2. The lowest BCUT2D eigenvalue weighted by atomic mass is 9.93. The van der Waals surface area contributed by atoms with E-state index in [-0.39, 0.29) is 0 Å². The van der Waals surface area contributed by atoms with Gasteiger partial charge in [0.05, 0.1) is 0 Å². The SMILES string of the molecule is CC(C)CC(NCCC1CCN(C)CC1)c1ccccc1. The van der Waals surface area contributed by atoms with Gasteiger partial charge in [-0.1, -0.05) is 44.2 Å². The van der Waals surface area contributed by atoms with E-state index in [1.165, 1.54) is 44.3 Å². The monoisotopic (exact) mass is 288 g/mol. The molecule has 0 aromatic heterocycles. The van der Waals surface area contributed by atoms with Crippen molar-refractivity contribution in [1.29, 1.82) is 0 Å². The fourth-order valence-corrected chi connectivity index (χ4v) is 3.31. The summed E-state index contributed by atoms with van der Waals surface area (Å²) in [5.41, 5.74) is 1.44. The maximum absolute atomic E-state index is 3.81. The third-order valence-corrected chi connectivity index (χ3v) is 4.69. The average molecular weight is 288 g/mol. The number of benzene rings is 1. The molecule has 1 aromatic carbocycles. The predicted octanol–water partition coefficient (Wildman–Crippen LogP) is 4.10. The van der Waals surface area contributed by atoms with E-state index in [4.69, 9.17) is 0 Å². The Bertz CT molecular complexity index is 380. The van der Waals surface area contributed by atoms with Gasteiger partial charge in [0.1, 0.15) is 0 Å². The minimum atomic E-state index is 0.512. The van der Waals surface area contributed by atoms with Crippen molar-refractivity contribution in [3.63, 3.8) is 0 Å². The van der Waals surface area contributed by atoms with E-state index in [1.54, 1.807) is 0 Å². The van der Waals surface area contributed by atoms with Crippen LogP contribution in [-0.4, -0.2) is 31.6 Å². The molecule has 1 heterocycles. The van der Waals surface area contributed by atoms with Crippen LogP contribution in [0.4, 0.5) is 0 Å². The van der Waals surface area contributed by atoms with Gasteiger partial charge in [0.2, 0.25) is 0 Å². The van der Waals surface area contributed by atoms with Gasteiger partial charge in [-0.3, -0.25) is 0 Å². The normalized spacial score (nSPS) is 19.0. The zero-order valence-electron chi connectivity index (χ0n) is 14.0. The Morgan fingerprint density at radius 2 is 1.81 bits per heavy atom. The number of nitrogens with one attached hydrogen (secondary N) is 1. The molecule has 0 spiro atoms. The van der Waals surface area contributed by atoms with Crippen LogP contribution in [0.3, 0.4) is 0 Å². The molecule has 1 aliphatic heterocycles. The van der Waals surface area contributed by atoms with Crippen molar-refractivity contribution in [2.75, 3.05) is 26.7 Å². The highest BCUT2D eigenvalue weighted by molar-refractivity contribution is 5.18. The fourth-order valence-electron chi connectivity index (χ4n) is 3.31. The van der Waals surface area contributed by atoms with E-state index < -0.39 is 0 Å². The van der Waals surface area contributed by atoms with E-state index >= 15 is 0 Å². The van der Waals surface area contributed by atoms with Gasteiger partial charge in [0, 0.05) is 6.04 Å². The maximum Gasteiger partial charge on any atom is 0.0322 e. The Morgan fingerprint density at radius 3 is 2.43 bits per heavy atom. The van der Waals surface area contributed by atoms with E-state index in [2.05, 4.69) is 61.4 Å². The number of rotatable bonds is 7. The number of likely N-dealkylation sites (tertiary alicyclic amines) is 1. The fraction of sp³-hybridized carbons (Fsp3) is 0.684. The highest BCUT2D eigenvalue weighted by Crippen LogP contribution is 2.23. The lowest BCUT2D eigenvalue weighted by Crippen LogP contribution is -2.32. The molecule has 1 N–H and O–H groups in total. The summed E-state index contributed by atoms with van der Waals surface area (Å²) in [4.78, 5) is 2.45.